The van der Waals surface area contributed by atoms with Crippen molar-refractivity contribution >= 4 is 0 Å². The van der Waals surface area contributed by atoms with Gasteiger partial charge in [-0.1, -0.05) is 24.3 Å². The van der Waals surface area contributed by atoms with Gasteiger partial charge in [-0.05, 0) is 18.6 Å². The SMILES string of the molecule is COCc1cc(-c2ccc([C@H](C)N3CCOCC3)cc2)ncn1. The summed E-state index contributed by atoms with van der Waals surface area (Å²) in [6.45, 7) is 6.39. The van der Waals surface area contributed by atoms with Gasteiger partial charge in [-0.25, -0.2) is 9.97 Å². The normalized spacial score (nSPS) is 17.1. The molecule has 1 aliphatic heterocycles. The Hall–Kier alpha value is -1.82. The number of methoxy groups -OCH3 is 1. The Morgan fingerprint density at radius 1 is 1.17 bits per heavy atom. The third-order valence-corrected chi connectivity index (χ3v) is 4.30. The highest BCUT2D eigenvalue weighted by molar-refractivity contribution is 5.59. The van der Waals surface area contributed by atoms with E-state index in [4.69, 9.17) is 9.47 Å². The molecule has 122 valence electrons. The van der Waals surface area contributed by atoms with Crippen LogP contribution in [0.15, 0.2) is 36.7 Å². The third-order valence-electron chi connectivity index (χ3n) is 4.30. The van der Waals surface area contributed by atoms with Crippen molar-refractivity contribution in [2.24, 2.45) is 0 Å². The molecule has 23 heavy (non-hydrogen) atoms. The van der Waals surface area contributed by atoms with E-state index in [2.05, 4.69) is 46.1 Å². The molecule has 5 heteroatoms. The average molecular weight is 313 g/mol. The highest BCUT2D eigenvalue weighted by Crippen LogP contribution is 2.24. The highest BCUT2D eigenvalue weighted by Gasteiger charge is 2.18. The third kappa shape index (κ3) is 3.93. The summed E-state index contributed by atoms with van der Waals surface area (Å²) in [5.74, 6) is 0. The molecule has 0 amide bonds. The van der Waals surface area contributed by atoms with Gasteiger partial charge < -0.3 is 9.47 Å². The standard InChI is InChI=1S/C18H23N3O2/c1-14(21-7-9-23-10-8-21)15-3-5-16(6-4-15)18-11-17(12-22-2)19-13-20-18/h3-6,11,13-14H,7-10,12H2,1-2H3/t14-/m0/s1. The summed E-state index contributed by atoms with van der Waals surface area (Å²) in [6.07, 6.45) is 1.59. The van der Waals surface area contributed by atoms with E-state index in [1.165, 1.54) is 5.56 Å². The van der Waals surface area contributed by atoms with E-state index in [0.29, 0.717) is 12.6 Å². The van der Waals surface area contributed by atoms with Gasteiger partial charge in [0.05, 0.1) is 31.2 Å². The topological polar surface area (TPSA) is 47.5 Å². The Kier molecular flexibility index (Phi) is 5.33. The van der Waals surface area contributed by atoms with Crippen LogP contribution in [0.2, 0.25) is 0 Å². The first kappa shape index (κ1) is 16.1. The number of nitrogens with zero attached hydrogens (tertiary/aromatic N) is 3. The lowest BCUT2D eigenvalue weighted by molar-refractivity contribution is 0.0198. The van der Waals surface area contributed by atoms with Gasteiger partial charge in [0.15, 0.2) is 0 Å². The minimum absolute atomic E-state index is 0.405. The average Bonchev–Trinajstić information content (AvgIpc) is 2.62. The molecule has 0 aliphatic carbocycles. The summed E-state index contributed by atoms with van der Waals surface area (Å²) in [5.41, 5.74) is 4.24. The van der Waals surface area contributed by atoms with Crippen LogP contribution in [-0.4, -0.2) is 48.3 Å². The van der Waals surface area contributed by atoms with Crippen molar-refractivity contribution in [1.29, 1.82) is 0 Å². The van der Waals surface area contributed by atoms with Gasteiger partial charge in [0, 0.05) is 31.8 Å². The Bertz CT molecular complexity index is 624. The van der Waals surface area contributed by atoms with Gasteiger partial charge in [0.25, 0.3) is 0 Å². The van der Waals surface area contributed by atoms with Crippen molar-refractivity contribution in [3.8, 4) is 11.3 Å². The maximum absolute atomic E-state index is 5.43. The van der Waals surface area contributed by atoms with Gasteiger partial charge in [-0.15, -0.1) is 0 Å². The Morgan fingerprint density at radius 3 is 2.61 bits per heavy atom. The fraction of sp³-hybridized carbons (Fsp3) is 0.444. The second kappa shape index (κ2) is 7.64. The van der Waals surface area contributed by atoms with E-state index in [9.17, 15) is 0 Å². The Labute approximate surface area is 137 Å². The molecule has 1 atom stereocenters. The molecular weight excluding hydrogens is 290 g/mol. The minimum atomic E-state index is 0.405. The quantitative estimate of drug-likeness (QED) is 0.849. The molecule has 0 spiro atoms. The van der Waals surface area contributed by atoms with Gasteiger partial charge in [0.2, 0.25) is 0 Å². The first-order chi connectivity index (χ1) is 11.3. The predicted molar refractivity (Wildman–Crippen MR) is 89.0 cm³/mol. The summed E-state index contributed by atoms with van der Waals surface area (Å²) in [4.78, 5) is 11.0. The zero-order valence-electron chi connectivity index (χ0n) is 13.7. The second-order valence-corrected chi connectivity index (χ2v) is 5.77. The van der Waals surface area contributed by atoms with E-state index in [1.807, 2.05) is 6.07 Å². The number of morpholine rings is 1. The zero-order chi connectivity index (χ0) is 16.1. The number of hydrogen-bond donors (Lipinski definition) is 0. The Balaban J connectivity index is 1.74. The molecular formula is C18H23N3O2. The summed E-state index contributed by atoms with van der Waals surface area (Å²) in [5, 5.41) is 0. The molecule has 0 unspecified atom stereocenters. The fourth-order valence-electron chi connectivity index (χ4n) is 2.89. The molecule has 0 bridgehead atoms. The van der Waals surface area contributed by atoms with Crippen molar-refractivity contribution in [1.82, 2.24) is 14.9 Å². The lowest BCUT2D eigenvalue weighted by Crippen LogP contribution is -2.37. The van der Waals surface area contributed by atoms with E-state index >= 15 is 0 Å². The molecule has 5 nitrogen and oxygen atoms in total. The van der Waals surface area contributed by atoms with Gasteiger partial charge in [0.1, 0.15) is 6.33 Å². The number of hydrogen-bond acceptors (Lipinski definition) is 5. The molecule has 0 N–H and O–H groups in total. The van der Waals surface area contributed by atoms with Gasteiger partial charge in [-0.3, -0.25) is 4.90 Å². The van der Waals surface area contributed by atoms with Crippen LogP contribution >= 0.6 is 0 Å². The smallest absolute Gasteiger partial charge is 0.116 e. The maximum atomic E-state index is 5.43. The lowest BCUT2D eigenvalue weighted by atomic mass is 10.0. The van der Waals surface area contributed by atoms with Crippen LogP contribution in [0.3, 0.4) is 0 Å². The Morgan fingerprint density at radius 2 is 1.91 bits per heavy atom. The number of ether oxygens (including phenoxy) is 2. The number of benzene rings is 1. The number of rotatable bonds is 5. The van der Waals surface area contributed by atoms with E-state index in [-0.39, 0.29) is 0 Å². The van der Waals surface area contributed by atoms with Crippen LogP contribution in [-0.2, 0) is 16.1 Å². The fourth-order valence-corrected chi connectivity index (χ4v) is 2.89. The summed E-state index contributed by atoms with van der Waals surface area (Å²) < 4.78 is 10.6. The first-order valence-electron chi connectivity index (χ1n) is 8.00. The van der Waals surface area contributed by atoms with Crippen LogP contribution in [0, 0.1) is 0 Å². The van der Waals surface area contributed by atoms with Crippen LogP contribution in [0.5, 0.6) is 0 Å². The molecule has 0 radical (unpaired) electrons. The predicted octanol–water partition coefficient (Wildman–Crippen LogP) is 2.68. The van der Waals surface area contributed by atoms with Crippen molar-refractivity contribution < 1.29 is 9.47 Å². The molecule has 3 rings (SSSR count). The van der Waals surface area contributed by atoms with Gasteiger partial charge in [-0.2, -0.15) is 0 Å². The van der Waals surface area contributed by atoms with Crippen molar-refractivity contribution in [2.45, 2.75) is 19.6 Å². The van der Waals surface area contributed by atoms with Crippen LogP contribution in [0.1, 0.15) is 24.2 Å². The van der Waals surface area contributed by atoms with Crippen molar-refractivity contribution in [3.63, 3.8) is 0 Å². The second-order valence-electron chi connectivity index (χ2n) is 5.77. The molecule has 1 saturated heterocycles. The molecule has 1 fully saturated rings. The molecule has 0 saturated carbocycles. The molecule has 1 aliphatic rings. The lowest BCUT2D eigenvalue weighted by Gasteiger charge is -2.32. The molecule has 2 heterocycles. The highest BCUT2D eigenvalue weighted by atomic mass is 16.5. The summed E-state index contributed by atoms with van der Waals surface area (Å²) >= 11 is 0. The van der Waals surface area contributed by atoms with Crippen molar-refractivity contribution in [3.05, 3.63) is 47.9 Å². The number of aromatic nitrogens is 2. The zero-order valence-corrected chi connectivity index (χ0v) is 13.7. The van der Waals surface area contributed by atoms with Crippen molar-refractivity contribution in [2.75, 3.05) is 33.4 Å². The first-order valence-corrected chi connectivity index (χ1v) is 8.00. The minimum Gasteiger partial charge on any atom is -0.379 e. The van der Waals surface area contributed by atoms with Crippen LogP contribution in [0.25, 0.3) is 11.3 Å². The van der Waals surface area contributed by atoms with Crippen LogP contribution in [0.4, 0.5) is 0 Å². The van der Waals surface area contributed by atoms with E-state index in [0.717, 1.165) is 43.3 Å². The van der Waals surface area contributed by atoms with Gasteiger partial charge >= 0.3 is 0 Å². The monoisotopic (exact) mass is 313 g/mol. The largest absolute Gasteiger partial charge is 0.379 e. The summed E-state index contributed by atoms with van der Waals surface area (Å²) in [7, 11) is 1.67. The van der Waals surface area contributed by atoms with E-state index in [1.54, 1.807) is 13.4 Å². The van der Waals surface area contributed by atoms with E-state index < -0.39 is 0 Å². The maximum Gasteiger partial charge on any atom is 0.116 e. The van der Waals surface area contributed by atoms with Crippen LogP contribution < -0.4 is 0 Å². The summed E-state index contributed by atoms with van der Waals surface area (Å²) in [6, 6.07) is 11.0. The molecule has 2 aromatic rings. The molecule has 1 aromatic carbocycles. The molecule has 1 aromatic heterocycles.